The topological polar surface area (TPSA) is 9.23 Å². The standard InChI is InChI=1S/C20H44NO.ClH/c1-5-6-7-8-9-10-11-12-13-14-15-16-17-18-19-20-22-21(2,3)4;/h5-20H2,1-4H3;1H/q+1;/p-1. The Morgan fingerprint density at radius 3 is 1.13 bits per heavy atom. The van der Waals surface area contributed by atoms with Crippen LogP contribution >= 0.6 is 0 Å². The third-order valence-corrected chi connectivity index (χ3v) is 4.23. The van der Waals surface area contributed by atoms with Crippen molar-refractivity contribution in [2.45, 2.75) is 103 Å². The molecule has 0 spiro atoms. The van der Waals surface area contributed by atoms with Gasteiger partial charge in [-0.05, 0) is 6.42 Å². The summed E-state index contributed by atoms with van der Waals surface area (Å²) < 4.78 is 0.624. The Kier molecular flexibility index (Phi) is 20.5. The molecule has 0 aliphatic carbocycles. The number of hydroxylamine groups is 3. The molecule has 0 amide bonds. The fraction of sp³-hybridized carbons (Fsp3) is 1.00. The SMILES string of the molecule is CCCCCCCCCCCCCCCCCO[N+](C)(C)C.[Cl-]. The first-order valence-corrected chi connectivity index (χ1v) is 10.0. The number of quaternary nitrogens is 1. The van der Waals surface area contributed by atoms with Crippen LogP contribution in [0.3, 0.4) is 0 Å². The van der Waals surface area contributed by atoms with Crippen molar-refractivity contribution in [1.29, 1.82) is 0 Å². The molecule has 0 aromatic carbocycles. The van der Waals surface area contributed by atoms with Crippen molar-refractivity contribution in [3.63, 3.8) is 0 Å². The minimum absolute atomic E-state index is 0. The van der Waals surface area contributed by atoms with Crippen molar-refractivity contribution in [2.75, 3.05) is 27.7 Å². The summed E-state index contributed by atoms with van der Waals surface area (Å²) in [7, 11) is 6.22. The van der Waals surface area contributed by atoms with E-state index in [0.29, 0.717) is 4.65 Å². The minimum Gasteiger partial charge on any atom is -1.00 e. The second kappa shape index (κ2) is 18.5. The lowest BCUT2D eigenvalue weighted by Crippen LogP contribution is -3.00. The van der Waals surface area contributed by atoms with E-state index in [0.717, 1.165) is 6.61 Å². The highest BCUT2D eigenvalue weighted by Crippen LogP contribution is 2.13. The second-order valence-electron chi connectivity index (χ2n) is 7.67. The number of hydrogen-bond donors (Lipinski definition) is 0. The summed E-state index contributed by atoms with van der Waals surface area (Å²) in [4.78, 5) is 5.68. The van der Waals surface area contributed by atoms with Crippen molar-refractivity contribution in [3.8, 4) is 0 Å². The number of unbranched alkanes of at least 4 members (excludes halogenated alkanes) is 14. The lowest BCUT2D eigenvalue weighted by molar-refractivity contribution is -1.06. The van der Waals surface area contributed by atoms with Gasteiger partial charge < -0.3 is 12.4 Å². The molecule has 0 bridgehead atoms. The largest absolute Gasteiger partial charge is 1.00 e. The molecule has 142 valence electrons. The third kappa shape index (κ3) is 24.6. The number of halogens is 1. The molecule has 0 radical (unpaired) electrons. The molecule has 0 aliphatic heterocycles. The molecular formula is C20H44ClNO. The summed E-state index contributed by atoms with van der Waals surface area (Å²) in [6.07, 6.45) is 21.3. The molecule has 23 heavy (non-hydrogen) atoms. The van der Waals surface area contributed by atoms with E-state index in [-0.39, 0.29) is 12.4 Å². The first kappa shape index (κ1) is 25.5. The van der Waals surface area contributed by atoms with E-state index in [1.807, 2.05) is 0 Å². The summed E-state index contributed by atoms with van der Waals surface area (Å²) in [6.45, 7) is 3.20. The molecule has 0 aromatic rings. The van der Waals surface area contributed by atoms with Gasteiger partial charge in [0.1, 0.15) is 6.61 Å². The lowest BCUT2D eigenvalue weighted by atomic mass is 10.0. The van der Waals surface area contributed by atoms with Gasteiger partial charge in [0, 0.05) is 0 Å². The monoisotopic (exact) mass is 349 g/mol. The predicted molar refractivity (Wildman–Crippen MR) is 98.9 cm³/mol. The molecule has 0 atom stereocenters. The van der Waals surface area contributed by atoms with Crippen molar-refractivity contribution in [2.24, 2.45) is 0 Å². The van der Waals surface area contributed by atoms with Crippen LogP contribution in [0.5, 0.6) is 0 Å². The van der Waals surface area contributed by atoms with E-state index < -0.39 is 0 Å². The van der Waals surface area contributed by atoms with Crippen molar-refractivity contribution >= 4 is 0 Å². The average molecular weight is 350 g/mol. The van der Waals surface area contributed by atoms with E-state index in [1.165, 1.54) is 96.3 Å². The highest BCUT2D eigenvalue weighted by Gasteiger charge is 2.06. The molecule has 3 heteroatoms. The molecule has 0 saturated carbocycles. The molecular weight excluding hydrogens is 306 g/mol. The van der Waals surface area contributed by atoms with Gasteiger partial charge in [0.15, 0.2) is 0 Å². The first-order valence-electron chi connectivity index (χ1n) is 10.0. The van der Waals surface area contributed by atoms with Gasteiger partial charge in [0.2, 0.25) is 0 Å². The van der Waals surface area contributed by atoms with E-state index in [9.17, 15) is 0 Å². The number of hydrogen-bond acceptors (Lipinski definition) is 1. The Morgan fingerprint density at radius 1 is 0.522 bits per heavy atom. The van der Waals surface area contributed by atoms with Crippen LogP contribution in [0, 0.1) is 0 Å². The fourth-order valence-electron chi connectivity index (χ4n) is 2.81. The van der Waals surface area contributed by atoms with Gasteiger partial charge >= 0.3 is 0 Å². The van der Waals surface area contributed by atoms with Crippen LogP contribution in [-0.2, 0) is 4.84 Å². The van der Waals surface area contributed by atoms with Gasteiger partial charge in [-0.3, -0.25) is 0 Å². The van der Waals surface area contributed by atoms with Crippen molar-refractivity contribution < 1.29 is 21.9 Å². The molecule has 0 rings (SSSR count). The molecule has 0 N–H and O–H groups in total. The van der Waals surface area contributed by atoms with Crippen LogP contribution < -0.4 is 12.4 Å². The van der Waals surface area contributed by atoms with Gasteiger partial charge in [-0.25, -0.2) is 4.84 Å². The molecule has 0 aromatic heterocycles. The van der Waals surface area contributed by atoms with Crippen LogP contribution in [0.1, 0.15) is 103 Å². The Bertz CT molecular complexity index is 216. The summed E-state index contributed by atoms with van der Waals surface area (Å²) in [5.74, 6) is 0. The third-order valence-electron chi connectivity index (χ3n) is 4.23. The summed E-state index contributed by atoms with van der Waals surface area (Å²) in [6, 6.07) is 0. The maximum Gasteiger partial charge on any atom is 0.106 e. The first-order chi connectivity index (χ1) is 10.6. The Morgan fingerprint density at radius 2 is 0.826 bits per heavy atom. The van der Waals surface area contributed by atoms with Crippen LogP contribution in [0.25, 0.3) is 0 Å². The molecule has 0 unspecified atom stereocenters. The van der Waals surface area contributed by atoms with Gasteiger partial charge in [-0.15, -0.1) is 0 Å². The van der Waals surface area contributed by atoms with E-state index in [2.05, 4.69) is 28.1 Å². The predicted octanol–water partition coefficient (Wildman–Crippen LogP) is 3.50. The summed E-state index contributed by atoms with van der Waals surface area (Å²) >= 11 is 0. The molecule has 2 nitrogen and oxygen atoms in total. The highest BCUT2D eigenvalue weighted by atomic mass is 35.5. The Balaban J connectivity index is 0. The maximum absolute atomic E-state index is 5.68. The summed E-state index contributed by atoms with van der Waals surface area (Å²) in [5.41, 5.74) is 0. The smallest absolute Gasteiger partial charge is 0.106 e. The quantitative estimate of drug-likeness (QED) is 0.222. The minimum atomic E-state index is 0. The van der Waals surface area contributed by atoms with Gasteiger partial charge in [0.05, 0.1) is 21.1 Å². The van der Waals surface area contributed by atoms with E-state index >= 15 is 0 Å². The molecule has 0 aliphatic rings. The Hall–Kier alpha value is 0.210. The lowest BCUT2D eigenvalue weighted by Gasteiger charge is -2.20. The van der Waals surface area contributed by atoms with Gasteiger partial charge in [-0.2, -0.15) is 4.65 Å². The number of nitrogens with zero attached hydrogens (tertiary/aromatic N) is 1. The van der Waals surface area contributed by atoms with Gasteiger partial charge in [-0.1, -0.05) is 96.8 Å². The molecule has 0 fully saturated rings. The van der Waals surface area contributed by atoms with Crippen LogP contribution in [0.4, 0.5) is 0 Å². The zero-order valence-corrected chi connectivity index (χ0v) is 17.3. The molecule has 0 saturated heterocycles. The number of rotatable bonds is 17. The van der Waals surface area contributed by atoms with Crippen LogP contribution in [0.2, 0.25) is 0 Å². The van der Waals surface area contributed by atoms with Crippen LogP contribution in [-0.4, -0.2) is 32.4 Å². The normalized spacial score (nSPS) is 11.5. The van der Waals surface area contributed by atoms with E-state index in [1.54, 1.807) is 0 Å². The van der Waals surface area contributed by atoms with Crippen molar-refractivity contribution in [3.05, 3.63) is 0 Å². The van der Waals surface area contributed by atoms with Gasteiger partial charge in [0.25, 0.3) is 0 Å². The average Bonchev–Trinajstić information content (AvgIpc) is 2.45. The second-order valence-corrected chi connectivity index (χ2v) is 7.67. The molecule has 0 heterocycles. The zero-order valence-electron chi connectivity index (χ0n) is 16.5. The Labute approximate surface area is 153 Å². The fourth-order valence-corrected chi connectivity index (χ4v) is 2.81. The highest BCUT2D eigenvalue weighted by molar-refractivity contribution is 4.49. The summed E-state index contributed by atoms with van der Waals surface area (Å²) in [5, 5.41) is 0. The maximum atomic E-state index is 5.68. The van der Waals surface area contributed by atoms with Crippen LogP contribution in [0.15, 0.2) is 0 Å². The van der Waals surface area contributed by atoms with E-state index in [4.69, 9.17) is 4.84 Å². The zero-order chi connectivity index (χ0) is 16.5. The van der Waals surface area contributed by atoms with Crippen molar-refractivity contribution in [1.82, 2.24) is 0 Å².